The molecule has 24 heavy (non-hydrogen) atoms. The number of amides is 2. The predicted molar refractivity (Wildman–Crippen MR) is 91.2 cm³/mol. The van der Waals surface area contributed by atoms with Gasteiger partial charge >= 0.3 is 0 Å². The number of carbonyl (C=O) groups excluding carboxylic acids is 2. The van der Waals surface area contributed by atoms with Crippen molar-refractivity contribution in [2.24, 2.45) is 0 Å². The molecule has 0 unspecified atom stereocenters. The second-order valence-corrected chi connectivity index (χ2v) is 5.86. The quantitative estimate of drug-likeness (QED) is 0.697. The summed E-state index contributed by atoms with van der Waals surface area (Å²) in [6.45, 7) is 0. The molecule has 0 fully saturated rings. The minimum absolute atomic E-state index is 0.0288. The van der Waals surface area contributed by atoms with Crippen LogP contribution in [0.1, 0.15) is 20.7 Å². The molecule has 0 aromatic heterocycles. The van der Waals surface area contributed by atoms with Gasteiger partial charge in [-0.25, -0.2) is 0 Å². The van der Waals surface area contributed by atoms with Crippen LogP contribution in [0.3, 0.4) is 0 Å². The number of hydrogen-bond donors (Lipinski definition) is 2. The molecule has 0 atom stereocenters. The Hall–Kier alpha value is -3.05. The van der Waals surface area contributed by atoms with Gasteiger partial charge in [-0.1, -0.05) is 35.9 Å². The molecule has 0 saturated carbocycles. The SMILES string of the molecule is O=C1c2cc(O)c3ccccc3c2C(=O)N1Nc1ccc(Cl)cc1. The van der Waals surface area contributed by atoms with Gasteiger partial charge in [-0.15, -0.1) is 0 Å². The number of hydrazine groups is 1. The summed E-state index contributed by atoms with van der Waals surface area (Å²) in [5.41, 5.74) is 3.82. The lowest BCUT2D eigenvalue weighted by atomic mass is 9.99. The van der Waals surface area contributed by atoms with Crippen LogP contribution in [0.5, 0.6) is 5.75 Å². The van der Waals surface area contributed by atoms with Crippen molar-refractivity contribution < 1.29 is 14.7 Å². The second kappa shape index (κ2) is 5.25. The molecule has 0 aliphatic carbocycles. The molecule has 2 amide bonds. The van der Waals surface area contributed by atoms with E-state index in [1.165, 1.54) is 6.07 Å². The molecule has 1 aliphatic heterocycles. The van der Waals surface area contributed by atoms with Gasteiger partial charge in [-0.3, -0.25) is 15.0 Å². The van der Waals surface area contributed by atoms with E-state index in [-0.39, 0.29) is 16.9 Å². The number of rotatable bonds is 2. The first-order chi connectivity index (χ1) is 11.6. The number of imide groups is 1. The fraction of sp³-hybridized carbons (Fsp3) is 0. The third-order valence-electron chi connectivity index (χ3n) is 3.96. The van der Waals surface area contributed by atoms with Gasteiger partial charge in [0.2, 0.25) is 0 Å². The first-order valence-corrected chi connectivity index (χ1v) is 7.60. The molecule has 4 rings (SSSR count). The van der Waals surface area contributed by atoms with Crippen LogP contribution in [0, 0.1) is 0 Å². The van der Waals surface area contributed by atoms with Crippen LogP contribution in [0.4, 0.5) is 5.69 Å². The van der Waals surface area contributed by atoms with Gasteiger partial charge in [0.15, 0.2) is 0 Å². The van der Waals surface area contributed by atoms with E-state index in [4.69, 9.17) is 11.6 Å². The zero-order valence-electron chi connectivity index (χ0n) is 12.3. The molecule has 118 valence electrons. The maximum atomic E-state index is 12.7. The fourth-order valence-corrected chi connectivity index (χ4v) is 2.96. The Morgan fingerprint density at radius 2 is 1.58 bits per heavy atom. The Morgan fingerprint density at radius 3 is 2.29 bits per heavy atom. The summed E-state index contributed by atoms with van der Waals surface area (Å²) >= 11 is 5.84. The largest absolute Gasteiger partial charge is 0.507 e. The molecule has 0 spiro atoms. The van der Waals surface area contributed by atoms with E-state index in [1.807, 2.05) is 0 Å². The summed E-state index contributed by atoms with van der Waals surface area (Å²) < 4.78 is 0. The highest BCUT2D eigenvalue weighted by Gasteiger charge is 2.38. The van der Waals surface area contributed by atoms with Crippen molar-refractivity contribution in [1.29, 1.82) is 0 Å². The summed E-state index contributed by atoms with van der Waals surface area (Å²) in [7, 11) is 0. The standard InChI is InChI=1S/C18H11ClN2O3/c19-10-5-7-11(8-6-10)20-21-17(23)14-9-15(22)12-3-1-2-4-13(12)16(14)18(21)24/h1-9,20,22H. The molecular weight excluding hydrogens is 328 g/mol. The highest BCUT2D eigenvalue weighted by Crippen LogP contribution is 2.35. The molecule has 3 aromatic carbocycles. The number of nitrogens with one attached hydrogen (secondary N) is 1. The summed E-state index contributed by atoms with van der Waals surface area (Å²) in [5, 5.41) is 12.7. The summed E-state index contributed by atoms with van der Waals surface area (Å²) in [6.07, 6.45) is 0. The van der Waals surface area contributed by atoms with E-state index < -0.39 is 11.8 Å². The Labute approximate surface area is 142 Å². The number of aromatic hydroxyl groups is 1. The van der Waals surface area contributed by atoms with E-state index >= 15 is 0 Å². The van der Waals surface area contributed by atoms with Crippen molar-refractivity contribution in [3.8, 4) is 5.75 Å². The van der Waals surface area contributed by atoms with Gasteiger partial charge in [-0.05, 0) is 35.7 Å². The first-order valence-electron chi connectivity index (χ1n) is 7.22. The third kappa shape index (κ3) is 2.10. The van der Waals surface area contributed by atoms with Crippen molar-refractivity contribution in [1.82, 2.24) is 5.01 Å². The van der Waals surface area contributed by atoms with Gasteiger partial charge < -0.3 is 5.11 Å². The van der Waals surface area contributed by atoms with E-state index in [2.05, 4.69) is 5.43 Å². The van der Waals surface area contributed by atoms with E-state index in [9.17, 15) is 14.7 Å². The van der Waals surface area contributed by atoms with Gasteiger partial charge in [0, 0.05) is 10.4 Å². The van der Waals surface area contributed by atoms with E-state index in [0.29, 0.717) is 21.5 Å². The maximum Gasteiger partial charge on any atom is 0.281 e. The molecule has 1 aliphatic rings. The number of fused-ring (bicyclic) bond motifs is 3. The second-order valence-electron chi connectivity index (χ2n) is 5.43. The van der Waals surface area contributed by atoms with Crippen molar-refractivity contribution >= 4 is 39.9 Å². The Kier molecular flexibility index (Phi) is 3.18. The van der Waals surface area contributed by atoms with Crippen LogP contribution in [0.25, 0.3) is 10.8 Å². The van der Waals surface area contributed by atoms with Crippen molar-refractivity contribution in [3.63, 3.8) is 0 Å². The van der Waals surface area contributed by atoms with E-state index in [1.54, 1.807) is 48.5 Å². The van der Waals surface area contributed by atoms with Gasteiger partial charge in [0.05, 0.1) is 16.8 Å². The number of halogens is 1. The summed E-state index contributed by atoms with van der Waals surface area (Å²) in [6, 6.07) is 14.9. The highest BCUT2D eigenvalue weighted by molar-refractivity contribution is 6.30. The molecule has 0 radical (unpaired) electrons. The molecular formula is C18H11ClN2O3. The lowest BCUT2D eigenvalue weighted by molar-refractivity contribution is 0.0692. The average molecular weight is 339 g/mol. The lowest BCUT2D eigenvalue weighted by Crippen LogP contribution is -2.35. The van der Waals surface area contributed by atoms with Crippen LogP contribution < -0.4 is 5.43 Å². The monoisotopic (exact) mass is 338 g/mol. The van der Waals surface area contributed by atoms with Crippen LogP contribution in [-0.4, -0.2) is 21.9 Å². The van der Waals surface area contributed by atoms with Crippen molar-refractivity contribution in [2.75, 3.05) is 5.43 Å². The fourth-order valence-electron chi connectivity index (χ4n) is 2.83. The van der Waals surface area contributed by atoms with Gasteiger partial charge in [0.1, 0.15) is 5.75 Å². The normalized spacial score (nSPS) is 13.5. The molecule has 3 aromatic rings. The zero-order chi connectivity index (χ0) is 16.8. The predicted octanol–water partition coefficient (Wildman–Crippen LogP) is 3.82. The van der Waals surface area contributed by atoms with Crippen LogP contribution in [0.2, 0.25) is 5.02 Å². The Bertz CT molecular complexity index is 999. The highest BCUT2D eigenvalue weighted by atomic mass is 35.5. The van der Waals surface area contributed by atoms with Crippen LogP contribution in [-0.2, 0) is 0 Å². The maximum absolute atomic E-state index is 12.7. The minimum Gasteiger partial charge on any atom is -0.507 e. The zero-order valence-corrected chi connectivity index (χ0v) is 13.0. The average Bonchev–Trinajstić information content (AvgIpc) is 2.82. The number of phenolic OH excluding ortho intramolecular Hbond substituents is 1. The molecule has 2 N–H and O–H groups in total. The molecule has 0 bridgehead atoms. The molecule has 1 heterocycles. The van der Waals surface area contributed by atoms with Crippen LogP contribution >= 0.6 is 11.6 Å². The Balaban J connectivity index is 1.81. The van der Waals surface area contributed by atoms with Gasteiger partial charge in [-0.2, -0.15) is 5.01 Å². The molecule has 0 saturated heterocycles. The van der Waals surface area contributed by atoms with E-state index in [0.717, 1.165) is 5.01 Å². The molecule has 5 nitrogen and oxygen atoms in total. The lowest BCUT2D eigenvalue weighted by Gasteiger charge is -2.16. The number of benzene rings is 3. The summed E-state index contributed by atoms with van der Waals surface area (Å²) in [5.74, 6) is -0.994. The van der Waals surface area contributed by atoms with Crippen molar-refractivity contribution in [2.45, 2.75) is 0 Å². The first kappa shape index (κ1) is 14.5. The third-order valence-corrected chi connectivity index (χ3v) is 4.21. The number of carbonyl (C=O) groups is 2. The topological polar surface area (TPSA) is 69.6 Å². The number of nitrogens with zero attached hydrogens (tertiary/aromatic N) is 1. The number of phenols is 1. The smallest absolute Gasteiger partial charge is 0.281 e. The van der Waals surface area contributed by atoms with Gasteiger partial charge in [0.25, 0.3) is 11.8 Å². The Morgan fingerprint density at radius 1 is 0.917 bits per heavy atom. The van der Waals surface area contributed by atoms with Crippen molar-refractivity contribution in [3.05, 3.63) is 70.7 Å². The number of anilines is 1. The summed E-state index contributed by atoms with van der Waals surface area (Å²) in [4.78, 5) is 25.3. The van der Waals surface area contributed by atoms with Crippen LogP contribution in [0.15, 0.2) is 54.6 Å². The number of hydrogen-bond acceptors (Lipinski definition) is 4. The minimum atomic E-state index is -0.508. The molecule has 6 heteroatoms.